The fraction of sp³-hybridized carbons (Fsp3) is 0.0800. The molecule has 0 saturated heterocycles. The Kier molecular flexibility index (Phi) is 4.40. The predicted molar refractivity (Wildman–Crippen MR) is 120 cm³/mol. The number of nitrogens with zero attached hydrogens (tertiary/aromatic N) is 1. The van der Waals surface area contributed by atoms with Gasteiger partial charge < -0.3 is 9.40 Å². The zero-order valence-corrected chi connectivity index (χ0v) is 16.7. The molecule has 5 rings (SSSR count). The third kappa shape index (κ3) is 3.28. The molecule has 0 fully saturated rings. The molecule has 1 N–H and O–H groups in total. The lowest BCUT2D eigenvalue weighted by Gasteiger charge is -2.02. The van der Waals surface area contributed by atoms with E-state index in [1.807, 2.05) is 61.5 Å². The standard InChI is InChI=1S/C25H18N2O4/c1-15-7-9-17(10-8-15)23-22-24(28)19-14-18(27(29)30)11-12-21(19)31-25(22)20(26-23)13-16-5-3-2-4-6-16/h2-12,14,26H,13H2,1H3. The molecule has 0 spiro atoms. The molecule has 0 atom stereocenters. The normalized spacial score (nSPS) is 11.3. The maximum Gasteiger partial charge on any atom is 0.270 e. The van der Waals surface area contributed by atoms with E-state index in [4.69, 9.17) is 4.42 Å². The SMILES string of the molecule is Cc1ccc(-c2[nH]c(Cc3ccccc3)c3oc4ccc([N+](=O)[O-])cc4c(=O)c23)cc1. The maximum atomic E-state index is 13.5. The molecule has 6 heteroatoms. The number of H-pyrrole nitrogens is 1. The zero-order valence-electron chi connectivity index (χ0n) is 16.7. The first-order chi connectivity index (χ1) is 15.0. The highest BCUT2D eigenvalue weighted by Crippen LogP contribution is 2.33. The molecular weight excluding hydrogens is 392 g/mol. The minimum absolute atomic E-state index is 0.143. The number of nitro groups is 1. The molecule has 0 radical (unpaired) electrons. The van der Waals surface area contributed by atoms with E-state index in [2.05, 4.69) is 4.98 Å². The average molecular weight is 410 g/mol. The number of nitrogens with one attached hydrogen (secondary N) is 1. The molecule has 2 heterocycles. The van der Waals surface area contributed by atoms with Crippen LogP contribution >= 0.6 is 0 Å². The van der Waals surface area contributed by atoms with E-state index >= 15 is 0 Å². The van der Waals surface area contributed by atoms with Crippen molar-refractivity contribution >= 4 is 27.6 Å². The first-order valence-corrected chi connectivity index (χ1v) is 9.88. The van der Waals surface area contributed by atoms with Crippen LogP contribution in [0.5, 0.6) is 0 Å². The summed E-state index contributed by atoms with van der Waals surface area (Å²) in [5.74, 6) is 0. The minimum Gasteiger partial charge on any atom is -0.454 e. The van der Waals surface area contributed by atoms with Crippen LogP contribution in [-0.4, -0.2) is 9.91 Å². The lowest BCUT2D eigenvalue weighted by molar-refractivity contribution is -0.384. The molecule has 0 saturated carbocycles. The van der Waals surface area contributed by atoms with Crippen molar-refractivity contribution in [3.63, 3.8) is 0 Å². The van der Waals surface area contributed by atoms with Crippen LogP contribution in [0.1, 0.15) is 16.8 Å². The van der Waals surface area contributed by atoms with Gasteiger partial charge in [-0.05, 0) is 24.1 Å². The van der Waals surface area contributed by atoms with E-state index in [-0.39, 0.29) is 16.5 Å². The van der Waals surface area contributed by atoms with Gasteiger partial charge in [0.2, 0.25) is 5.43 Å². The fourth-order valence-corrected chi connectivity index (χ4v) is 3.87. The van der Waals surface area contributed by atoms with Crippen LogP contribution in [0.3, 0.4) is 0 Å². The number of hydrogen-bond acceptors (Lipinski definition) is 4. The van der Waals surface area contributed by atoms with Crippen LogP contribution in [0.4, 0.5) is 5.69 Å². The van der Waals surface area contributed by atoms with E-state index in [0.29, 0.717) is 28.7 Å². The smallest absolute Gasteiger partial charge is 0.270 e. The second kappa shape index (κ2) is 7.25. The van der Waals surface area contributed by atoms with Crippen LogP contribution < -0.4 is 5.43 Å². The summed E-state index contributed by atoms with van der Waals surface area (Å²) < 4.78 is 6.14. The van der Waals surface area contributed by atoms with Crippen LogP contribution in [0, 0.1) is 17.0 Å². The van der Waals surface area contributed by atoms with Gasteiger partial charge in [-0.25, -0.2) is 0 Å². The summed E-state index contributed by atoms with van der Waals surface area (Å²) >= 11 is 0. The molecule has 6 nitrogen and oxygen atoms in total. The Bertz CT molecular complexity index is 1500. The van der Waals surface area contributed by atoms with Crippen LogP contribution in [0.25, 0.3) is 33.2 Å². The van der Waals surface area contributed by atoms with Gasteiger partial charge in [0.15, 0.2) is 5.58 Å². The molecule has 152 valence electrons. The molecule has 0 aliphatic heterocycles. The molecule has 5 aromatic rings. The van der Waals surface area contributed by atoms with Crippen molar-refractivity contribution in [2.75, 3.05) is 0 Å². The number of rotatable bonds is 4. The van der Waals surface area contributed by atoms with E-state index in [1.54, 1.807) is 0 Å². The van der Waals surface area contributed by atoms with Crippen LogP contribution in [-0.2, 0) is 6.42 Å². The molecule has 0 amide bonds. The van der Waals surface area contributed by atoms with Gasteiger partial charge in [-0.2, -0.15) is 0 Å². The highest BCUT2D eigenvalue weighted by Gasteiger charge is 2.21. The molecule has 0 aliphatic rings. The van der Waals surface area contributed by atoms with Gasteiger partial charge in [0, 0.05) is 18.6 Å². The van der Waals surface area contributed by atoms with Crippen molar-refractivity contribution < 1.29 is 9.34 Å². The summed E-state index contributed by atoms with van der Waals surface area (Å²) in [6.45, 7) is 2.00. The first kappa shape index (κ1) is 18.8. The van der Waals surface area contributed by atoms with E-state index in [1.165, 1.54) is 18.2 Å². The number of aromatic amines is 1. The van der Waals surface area contributed by atoms with Crippen molar-refractivity contribution in [2.24, 2.45) is 0 Å². The molecule has 0 unspecified atom stereocenters. The second-order valence-electron chi connectivity index (χ2n) is 7.58. The maximum absolute atomic E-state index is 13.5. The van der Waals surface area contributed by atoms with E-state index in [0.717, 1.165) is 22.4 Å². The second-order valence-corrected chi connectivity index (χ2v) is 7.58. The molecular formula is C25H18N2O4. The molecule has 2 aromatic heterocycles. The summed E-state index contributed by atoms with van der Waals surface area (Å²) in [6.07, 6.45) is 0.560. The summed E-state index contributed by atoms with van der Waals surface area (Å²) in [4.78, 5) is 27.6. The number of aromatic nitrogens is 1. The zero-order chi connectivity index (χ0) is 21.5. The summed E-state index contributed by atoms with van der Waals surface area (Å²) in [7, 11) is 0. The number of hydrogen-bond donors (Lipinski definition) is 1. The predicted octanol–water partition coefficient (Wildman–Crippen LogP) is 5.75. The summed E-state index contributed by atoms with van der Waals surface area (Å²) in [5.41, 5.74) is 4.86. The lowest BCUT2D eigenvalue weighted by atomic mass is 10.1. The third-order valence-electron chi connectivity index (χ3n) is 5.45. The van der Waals surface area contributed by atoms with Crippen LogP contribution in [0.15, 0.2) is 82.0 Å². The number of non-ortho nitro benzene ring substituents is 1. The van der Waals surface area contributed by atoms with E-state index in [9.17, 15) is 14.9 Å². The largest absolute Gasteiger partial charge is 0.454 e. The van der Waals surface area contributed by atoms with Crippen molar-refractivity contribution in [3.05, 3.63) is 110 Å². The molecule has 3 aromatic carbocycles. The number of nitro benzene ring substituents is 1. The Morgan fingerprint density at radius 1 is 1.00 bits per heavy atom. The number of aryl methyl sites for hydroxylation is 1. The van der Waals surface area contributed by atoms with Gasteiger partial charge in [0.05, 0.1) is 27.1 Å². The first-order valence-electron chi connectivity index (χ1n) is 9.88. The van der Waals surface area contributed by atoms with Crippen LogP contribution in [0.2, 0.25) is 0 Å². The Hall–Kier alpha value is -4.19. The van der Waals surface area contributed by atoms with Gasteiger partial charge in [0.25, 0.3) is 5.69 Å². The third-order valence-corrected chi connectivity index (χ3v) is 5.45. The quantitative estimate of drug-likeness (QED) is 0.302. The van der Waals surface area contributed by atoms with Gasteiger partial charge in [0.1, 0.15) is 5.58 Å². The topological polar surface area (TPSA) is 89.1 Å². The monoisotopic (exact) mass is 410 g/mol. The van der Waals surface area contributed by atoms with Gasteiger partial charge in [-0.3, -0.25) is 14.9 Å². The number of fused-ring (bicyclic) bond motifs is 2. The van der Waals surface area contributed by atoms with E-state index < -0.39 is 4.92 Å². The van der Waals surface area contributed by atoms with Crippen molar-refractivity contribution in [3.8, 4) is 11.3 Å². The van der Waals surface area contributed by atoms with Gasteiger partial charge in [-0.1, -0.05) is 60.2 Å². The number of benzene rings is 3. The van der Waals surface area contributed by atoms with Crippen molar-refractivity contribution in [1.82, 2.24) is 4.98 Å². The highest BCUT2D eigenvalue weighted by molar-refractivity contribution is 6.00. The molecule has 0 aliphatic carbocycles. The van der Waals surface area contributed by atoms with Gasteiger partial charge in [-0.15, -0.1) is 0 Å². The molecule has 0 bridgehead atoms. The Labute approximate surface area is 176 Å². The lowest BCUT2D eigenvalue weighted by Crippen LogP contribution is -2.03. The minimum atomic E-state index is -0.512. The highest BCUT2D eigenvalue weighted by atomic mass is 16.6. The van der Waals surface area contributed by atoms with Crippen molar-refractivity contribution in [1.29, 1.82) is 0 Å². The molecule has 31 heavy (non-hydrogen) atoms. The average Bonchev–Trinajstić information content (AvgIpc) is 3.13. The summed E-state index contributed by atoms with van der Waals surface area (Å²) in [5, 5.41) is 11.8. The Morgan fingerprint density at radius 3 is 2.45 bits per heavy atom. The van der Waals surface area contributed by atoms with Crippen molar-refractivity contribution in [2.45, 2.75) is 13.3 Å². The Morgan fingerprint density at radius 2 is 1.74 bits per heavy atom. The Balaban J connectivity index is 1.82. The fourth-order valence-electron chi connectivity index (χ4n) is 3.87. The van der Waals surface area contributed by atoms with Gasteiger partial charge >= 0.3 is 0 Å². The summed E-state index contributed by atoms with van der Waals surface area (Å²) in [6, 6.07) is 21.9.